The third kappa shape index (κ3) is 6.29. The van der Waals surface area contributed by atoms with E-state index in [4.69, 9.17) is 14.4 Å². The van der Waals surface area contributed by atoms with Gasteiger partial charge in [-0.25, -0.2) is 23.1 Å². The molecule has 0 radical (unpaired) electrons. The number of halogens is 2. The average Bonchev–Trinajstić information content (AvgIpc) is 4.28. The summed E-state index contributed by atoms with van der Waals surface area (Å²) in [6, 6.07) is 12.1. The molecule has 3 saturated carbocycles. The molecule has 2 aliphatic heterocycles. The summed E-state index contributed by atoms with van der Waals surface area (Å²) in [5, 5.41) is 14.1. The van der Waals surface area contributed by atoms with Gasteiger partial charge in [0.15, 0.2) is 11.6 Å². The Morgan fingerprint density at radius 1 is 0.925 bits per heavy atom. The maximum Gasteiger partial charge on any atom is 0.438 e. The van der Waals surface area contributed by atoms with Crippen molar-refractivity contribution in [1.82, 2.24) is 48.1 Å². The molecular weight excluding hydrogens is 859 g/mol. The summed E-state index contributed by atoms with van der Waals surface area (Å²) >= 11 is 0. The Kier molecular flexibility index (Phi) is 8.63. The number of nitrogens with one attached hydrogen (secondary N) is 1. The van der Waals surface area contributed by atoms with Gasteiger partial charge in [-0.15, -0.1) is 0 Å². The van der Waals surface area contributed by atoms with Gasteiger partial charge < -0.3 is 14.0 Å². The fourth-order valence-corrected chi connectivity index (χ4v) is 11.2. The van der Waals surface area contributed by atoms with Crippen LogP contribution in [0.2, 0.25) is 0 Å². The van der Waals surface area contributed by atoms with E-state index < -0.39 is 28.7 Å². The van der Waals surface area contributed by atoms with E-state index in [0.717, 1.165) is 55.2 Å². The fourth-order valence-electron chi connectivity index (χ4n) is 11.2. The van der Waals surface area contributed by atoms with Crippen molar-refractivity contribution in [3.8, 4) is 17.2 Å². The summed E-state index contributed by atoms with van der Waals surface area (Å²) < 4.78 is 51.1. The number of amides is 1. The zero-order valence-corrected chi connectivity index (χ0v) is 37.3. The number of hydrogen-bond donors (Lipinski definition) is 1. The average molecular weight is 907 g/mol. The monoisotopic (exact) mass is 906 g/mol. The van der Waals surface area contributed by atoms with E-state index in [1.54, 1.807) is 35.1 Å². The highest BCUT2D eigenvalue weighted by Gasteiger charge is 2.53. The maximum atomic E-state index is 16.4. The number of H-pyrrole nitrogens is 1. The van der Waals surface area contributed by atoms with Gasteiger partial charge in [-0.05, 0) is 131 Å². The van der Waals surface area contributed by atoms with Gasteiger partial charge in [-0.2, -0.15) is 10.2 Å². The smallest absolute Gasteiger partial charge is 0.376 e. The molecule has 342 valence electrons. The highest BCUT2D eigenvalue weighted by Crippen LogP contribution is 2.55. The molecule has 3 aliphatic carbocycles. The van der Waals surface area contributed by atoms with Crippen LogP contribution in [0.25, 0.3) is 33.6 Å². The SMILES string of the molecule is C[C@H]1c2c(nn(-c3ccc(F)c(C4CC4)c3)c2-n2ccn(-c3ccc4c(cnn4C4CC4)c3F)c2=O)CCN1C(=O)c1cn2cc([C@H]3CCOC(C)(C)C3)ccc2c1C1(c2noc(=O)[nH]2)CC1. The van der Waals surface area contributed by atoms with Crippen molar-refractivity contribution in [2.24, 2.45) is 0 Å². The largest absolute Gasteiger partial charge is 0.438 e. The number of pyridine rings is 1. The van der Waals surface area contributed by atoms with Crippen LogP contribution in [0.3, 0.4) is 0 Å². The molecule has 17 heteroatoms. The Morgan fingerprint density at radius 2 is 1.73 bits per heavy atom. The lowest BCUT2D eigenvalue weighted by molar-refractivity contribution is -0.0593. The number of nitrogens with zero attached hydrogens (tertiary/aromatic N) is 9. The molecule has 1 N–H and O–H groups in total. The summed E-state index contributed by atoms with van der Waals surface area (Å²) in [5.41, 5.74) is 4.92. The number of aromatic nitrogens is 9. The third-order valence-electron chi connectivity index (χ3n) is 15.1. The minimum atomic E-state index is -0.749. The normalized spacial score (nSPS) is 21.1. The van der Waals surface area contributed by atoms with Crippen molar-refractivity contribution in [1.29, 1.82) is 0 Å². The van der Waals surface area contributed by atoms with Gasteiger partial charge in [-0.3, -0.25) is 28.1 Å². The van der Waals surface area contributed by atoms with E-state index in [1.165, 1.54) is 27.6 Å². The minimum Gasteiger partial charge on any atom is -0.376 e. The van der Waals surface area contributed by atoms with Gasteiger partial charge in [0.05, 0.1) is 68.3 Å². The van der Waals surface area contributed by atoms with Crippen molar-refractivity contribution in [2.45, 2.75) is 113 Å². The number of fused-ring (bicyclic) bond motifs is 3. The maximum absolute atomic E-state index is 16.4. The van der Waals surface area contributed by atoms with Crippen molar-refractivity contribution < 1.29 is 22.8 Å². The molecule has 0 unspecified atom stereocenters. The molecule has 1 saturated heterocycles. The predicted molar refractivity (Wildman–Crippen MR) is 242 cm³/mol. The summed E-state index contributed by atoms with van der Waals surface area (Å²) in [6.45, 7) is 7.13. The van der Waals surface area contributed by atoms with Crippen LogP contribution in [0.15, 0.2) is 87.6 Å². The Hall–Kier alpha value is -6.88. The van der Waals surface area contributed by atoms with Crippen LogP contribution in [0.1, 0.15) is 140 Å². The predicted octanol–water partition coefficient (Wildman–Crippen LogP) is 8.10. The van der Waals surface area contributed by atoms with Crippen molar-refractivity contribution in [3.05, 3.63) is 145 Å². The van der Waals surface area contributed by atoms with Gasteiger partial charge in [0, 0.05) is 55.5 Å². The quantitative estimate of drug-likeness (QED) is 0.152. The van der Waals surface area contributed by atoms with Crippen molar-refractivity contribution in [2.75, 3.05) is 13.2 Å². The summed E-state index contributed by atoms with van der Waals surface area (Å²) in [6.07, 6.45) is 15.8. The lowest BCUT2D eigenvalue weighted by Gasteiger charge is -2.35. The first-order valence-corrected chi connectivity index (χ1v) is 23.4. The van der Waals surface area contributed by atoms with Crippen LogP contribution in [-0.2, 0) is 16.6 Å². The van der Waals surface area contributed by atoms with Crippen LogP contribution in [-0.4, -0.2) is 72.8 Å². The van der Waals surface area contributed by atoms with E-state index in [0.29, 0.717) is 83.0 Å². The Balaban J connectivity index is 0.938. The second-order valence-electron chi connectivity index (χ2n) is 20.0. The molecule has 0 bridgehead atoms. The number of benzene rings is 2. The topological polar surface area (TPSA) is 155 Å². The molecule has 13 rings (SSSR count). The molecule has 8 heterocycles. The van der Waals surface area contributed by atoms with E-state index in [1.807, 2.05) is 27.1 Å². The molecule has 1 amide bonds. The van der Waals surface area contributed by atoms with E-state index in [9.17, 15) is 9.59 Å². The zero-order chi connectivity index (χ0) is 45.7. The van der Waals surface area contributed by atoms with Crippen LogP contribution in [0.5, 0.6) is 0 Å². The summed E-state index contributed by atoms with van der Waals surface area (Å²) in [5.74, 6) is -0.614. The molecule has 6 aromatic heterocycles. The highest BCUT2D eigenvalue weighted by atomic mass is 19.1. The van der Waals surface area contributed by atoms with Crippen LogP contribution < -0.4 is 11.4 Å². The van der Waals surface area contributed by atoms with Crippen molar-refractivity contribution >= 4 is 22.3 Å². The third-order valence-corrected chi connectivity index (χ3v) is 15.1. The van der Waals surface area contributed by atoms with E-state index >= 15 is 13.6 Å². The first-order chi connectivity index (χ1) is 32.4. The minimum absolute atomic E-state index is 0.0774. The van der Waals surface area contributed by atoms with Crippen LogP contribution in [0.4, 0.5) is 8.78 Å². The molecule has 15 nitrogen and oxygen atoms in total. The number of aromatic amines is 1. The Bertz CT molecular complexity index is 3480. The molecular formula is C50H48F2N10O5. The zero-order valence-electron chi connectivity index (χ0n) is 37.3. The number of carbonyl (C=O) groups excluding carboxylic acids is 1. The molecule has 0 spiro atoms. The molecule has 2 aromatic carbocycles. The van der Waals surface area contributed by atoms with E-state index in [-0.39, 0.29) is 40.9 Å². The van der Waals surface area contributed by atoms with Crippen LogP contribution >= 0.6 is 0 Å². The van der Waals surface area contributed by atoms with Crippen LogP contribution in [0, 0.1) is 11.6 Å². The van der Waals surface area contributed by atoms with Crippen molar-refractivity contribution in [3.63, 3.8) is 0 Å². The van der Waals surface area contributed by atoms with Gasteiger partial charge >= 0.3 is 11.4 Å². The van der Waals surface area contributed by atoms with Gasteiger partial charge in [0.25, 0.3) is 5.91 Å². The molecule has 8 aromatic rings. The highest BCUT2D eigenvalue weighted by molar-refractivity contribution is 5.99. The Labute approximate surface area is 381 Å². The second-order valence-corrected chi connectivity index (χ2v) is 20.0. The van der Waals surface area contributed by atoms with Gasteiger partial charge in [-0.1, -0.05) is 11.2 Å². The number of imidazole rings is 1. The lowest BCUT2D eigenvalue weighted by atomic mass is 9.84. The van der Waals surface area contributed by atoms with Gasteiger partial charge in [0.1, 0.15) is 11.6 Å². The summed E-state index contributed by atoms with van der Waals surface area (Å²) in [4.78, 5) is 47.3. The molecule has 4 fully saturated rings. The van der Waals surface area contributed by atoms with Gasteiger partial charge in [0.2, 0.25) is 0 Å². The molecule has 5 aliphatic rings. The second kappa shape index (κ2) is 14.3. The fraction of sp³-hybridized carbons (Fsp3) is 0.400. The number of hydrogen-bond acceptors (Lipinski definition) is 8. The Morgan fingerprint density at radius 3 is 2.48 bits per heavy atom. The van der Waals surface area contributed by atoms with E-state index in [2.05, 4.69) is 47.4 Å². The molecule has 67 heavy (non-hydrogen) atoms. The lowest BCUT2D eigenvalue weighted by Crippen LogP contribution is -2.40. The number of ether oxygens (including phenoxy) is 1. The standard InChI is InChI=1S/C50H48F2N10O5/c1-27-41-37(14-18-58(27)45(63)35-26-57-25-30(29-15-21-66-49(2,3)23-29)6-11-39(57)42(35)50(16-17-50)46-54-47(64)67-56-46)55-62(32-9-10-36(51)33(22-32)28-4-5-28)44(41)60-20-19-59(48(60)65)40-13-12-38-34(43(40)52)24-53-61(38)31-7-8-31/h6,9-13,19-20,22,24-29,31H,4-5,7-8,14-18,21,23H2,1-3H3,(H,54,56,64)/t27-,29-/m0/s1. The first-order valence-electron chi connectivity index (χ1n) is 23.4. The number of carbonyl (C=O) groups is 1. The first kappa shape index (κ1) is 40.4. The number of rotatable bonds is 9. The summed E-state index contributed by atoms with van der Waals surface area (Å²) in [7, 11) is 0. The molecule has 2 atom stereocenters.